The van der Waals surface area contributed by atoms with E-state index in [1.807, 2.05) is 20.8 Å². The number of hydrogen-bond donors (Lipinski definition) is 0. The Kier molecular flexibility index (Phi) is 9.90. The van der Waals surface area contributed by atoms with Crippen LogP contribution in [0, 0.1) is 12.8 Å². The molecule has 0 aliphatic carbocycles. The van der Waals surface area contributed by atoms with Crippen molar-refractivity contribution >= 4 is 23.6 Å². The highest BCUT2D eigenvalue weighted by Gasteiger charge is 2.11. The maximum atomic E-state index is 10.2. The third-order valence-electron chi connectivity index (χ3n) is 3.24. The number of halogens is 1. The van der Waals surface area contributed by atoms with E-state index < -0.39 is 0 Å². The molecule has 0 N–H and O–H groups in total. The van der Waals surface area contributed by atoms with E-state index in [2.05, 4.69) is 51.1 Å². The number of alkyl halides is 1. The molecule has 0 aliphatic rings. The predicted molar refractivity (Wildman–Crippen MR) is 101 cm³/mol. The van der Waals surface area contributed by atoms with Crippen molar-refractivity contribution in [2.24, 2.45) is 5.92 Å². The Bertz CT molecular complexity index is 513. The first-order valence-electron chi connectivity index (χ1n) is 8.13. The van der Waals surface area contributed by atoms with E-state index in [9.17, 15) is 4.79 Å². The average Bonchev–Trinajstić information content (AvgIpc) is 2.43. The van der Waals surface area contributed by atoms with Gasteiger partial charge in [0.15, 0.2) is 0 Å². The van der Waals surface area contributed by atoms with Gasteiger partial charge >= 0.3 is 5.97 Å². The van der Waals surface area contributed by atoms with Gasteiger partial charge in [0, 0.05) is 12.8 Å². The van der Waals surface area contributed by atoms with Gasteiger partial charge in [-0.15, -0.1) is 11.6 Å². The normalized spacial score (nSPS) is 12.5. The number of aryl methyl sites for hydroxylation is 1. The molecule has 3 heteroatoms. The lowest BCUT2D eigenvalue weighted by Crippen LogP contribution is -2.21. The van der Waals surface area contributed by atoms with Crippen molar-refractivity contribution in [3.05, 3.63) is 41.0 Å². The first-order chi connectivity index (χ1) is 10.6. The average molecular weight is 339 g/mol. The molecule has 0 heterocycles. The number of rotatable bonds is 4. The standard InChI is InChI=1S/C14H19Cl.C6H12O2/c1-4-11(2)8-9-14-12(3)6-5-7-13(14)10-15;1-5(7)8-6(2,3)4/h5-9,11H,4,10H2,1-3H3;1-4H3/b9-8-;. The largest absolute Gasteiger partial charge is 0.460 e. The number of carbonyl (C=O) groups excluding carboxylic acids is 1. The van der Waals surface area contributed by atoms with Crippen LogP contribution < -0.4 is 0 Å². The van der Waals surface area contributed by atoms with Gasteiger partial charge in [0.05, 0.1) is 0 Å². The van der Waals surface area contributed by atoms with Crippen LogP contribution in [-0.4, -0.2) is 11.6 Å². The monoisotopic (exact) mass is 338 g/mol. The fraction of sp³-hybridized carbons (Fsp3) is 0.550. The van der Waals surface area contributed by atoms with E-state index in [1.165, 1.54) is 30.0 Å². The van der Waals surface area contributed by atoms with Gasteiger partial charge in [0.2, 0.25) is 0 Å². The van der Waals surface area contributed by atoms with Crippen LogP contribution in [0.15, 0.2) is 24.3 Å². The highest BCUT2D eigenvalue weighted by atomic mass is 35.5. The summed E-state index contributed by atoms with van der Waals surface area (Å²) in [5.41, 5.74) is 3.47. The minimum atomic E-state index is -0.328. The SMILES string of the molecule is CC(=O)OC(C)(C)C.CCC(C)/C=C\c1c(C)cccc1CCl. The zero-order valence-corrected chi connectivity index (χ0v) is 16.3. The van der Waals surface area contributed by atoms with E-state index in [0.29, 0.717) is 11.8 Å². The van der Waals surface area contributed by atoms with Crippen LogP contribution in [0.1, 0.15) is 64.7 Å². The minimum absolute atomic E-state index is 0.225. The topological polar surface area (TPSA) is 26.3 Å². The van der Waals surface area contributed by atoms with Crippen molar-refractivity contribution in [2.45, 2.75) is 66.4 Å². The maximum Gasteiger partial charge on any atom is 0.303 e. The summed E-state index contributed by atoms with van der Waals surface area (Å²) < 4.78 is 4.80. The zero-order chi connectivity index (χ0) is 18.0. The lowest BCUT2D eigenvalue weighted by Gasteiger charge is -2.17. The molecular formula is C20H31ClO2. The van der Waals surface area contributed by atoms with Crippen LogP contribution in [0.2, 0.25) is 0 Å². The molecular weight excluding hydrogens is 308 g/mol. The lowest BCUT2D eigenvalue weighted by atomic mass is 10.00. The fourth-order valence-corrected chi connectivity index (χ4v) is 2.16. The van der Waals surface area contributed by atoms with Crippen LogP contribution in [-0.2, 0) is 15.4 Å². The van der Waals surface area contributed by atoms with Crippen molar-refractivity contribution < 1.29 is 9.53 Å². The second-order valence-electron chi connectivity index (χ2n) is 6.73. The molecule has 0 aromatic heterocycles. The third kappa shape index (κ3) is 10.2. The molecule has 0 amide bonds. The maximum absolute atomic E-state index is 10.2. The highest BCUT2D eigenvalue weighted by molar-refractivity contribution is 6.17. The number of carbonyl (C=O) groups is 1. The second-order valence-corrected chi connectivity index (χ2v) is 7.00. The molecule has 1 aromatic rings. The van der Waals surface area contributed by atoms with Crippen LogP contribution in [0.5, 0.6) is 0 Å². The van der Waals surface area contributed by atoms with Crippen molar-refractivity contribution in [1.29, 1.82) is 0 Å². The number of hydrogen-bond acceptors (Lipinski definition) is 2. The molecule has 0 fully saturated rings. The number of benzene rings is 1. The zero-order valence-electron chi connectivity index (χ0n) is 15.6. The first kappa shape index (κ1) is 21.7. The first-order valence-corrected chi connectivity index (χ1v) is 8.66. The van der Waals surface area contributed by atoms with E-state index in [1.54, 1.807) is 0 Å². The van der Waals surface area contributed by atoms with Gasteiger partial charge in [-0.05, 0) is 50.3 Å². The molecule has 1 rings (SSSR count). The lowest BCUT2D eigenvalue weighted by molar-refractivity contribution is -0.151. The Morgan fingerprint density at radius 2 is 1.96 bits per heavy atom. The van der Waals surface area contributed by atoms with Crippen molar-refractivity contribution in [3.8, 4) is 0 Å². The molecule has 1 aromatic carbocycles. The van der Waals surface area contributed by atoms with Crippen LogP contribution in [0.3, 0.4) is 0 Å². The molecule has 0 saturated carbocycles. The molecule has 2 nitrogen and oxygen atoms in total. The molecule has 0 saturated heterocycles. The predicted octanol–water partition coefficient (Wildman–Crippen LogP) is 6.14. The smallest absolute Gasteiger partial charge is 0.303 e. The van der Waals surface area contributed by atoms with E-state index in [4.69, 9.17) is 16.3 Å². The Hall–Kier alpha value is -1.28. The number of ether oxygens (including phenoxy) is 1. The number of allylic oxidation sites excluding steroid dienone is 1. The third-order valence-corrected chi connectivity index (χ3v) is 3.53. The summed E-state index contributed by atoms with van der Waals surface area (Å²) in [6.07, 6.45) is 5.65. The van der Waals surface area contributed by atoms with Gasteiger partial charge in [-0.3, -0.25) is 4.79 Å². The molecule has 0 radical (unpaired) electrons. The van der Waals surface area contributed by atoms with Crippen LogP contribution in [0.4, 0.5) is 0 Å². The van der Waals surface area contributed by atoms with Gasteiger partial charge in [-0.1, -0.05) is 50.6 Å². The van der Waals surface area contributed by atoms with Crippen LogP contribution in [0.25, 0.3) is 6.08 Å². The van der Waals surface area contributed by atoms with Crippen molar-refractivity contribution in [1.82, 2.24) is 0 Å². The molecule has 23 heavy (non-hydrogen) atoms. The van der Waals surface area contributed by atoms with E-state index in [0.717, 1.165) is 0 Å². The van der Waals surface area contributed by atoms with Crippen molar-refractivity contribution in [3.63, 3.8) is 0 Å². The molecule has 0 aliphatic heterocycles. The van der Waals surface area contributed by atoms with Gasteiger partial charge in [0.25, 0.3) is 0 Å². The molecule has 1 atom stereocenters. The van der Waals surface area contributed by atoms with Gasteiger partial charge in [-0.2, -0.15) is 0 Å². The summed E-state index contributed by atoms with van der Waals surface area (Å²) in [5.74, 6) is 0.993. The summed E-state index contributed by atoms with van der Waals surface area (Å²) in [6, 6.07) is 6.29. The van der Waals surface area contributed by atoms with Gasteiger partial charge < -0.3 is 4.74 Å². The van der Waals surface area contributed by atoms with Crippen LogP contribution >= 0.6 is 11.6 Å². The molecule has 1 unspecified atom stereocenters. The Morgan fingerprint density at radius 3 is 2.35 bits per heavy atom. The summed E-state index contributed by atoms with van der Waals surface area (Å²) in [7, 11) is 0. The Balaban J connectivity index is 0.000000515. The van der Waals surface area contributed by atoms with Gasteiger partial charge in [-0.25, -0.2) is 0 Å². The Morgan fingerprint density at radius 1 is 1.35 bits per heavy atom. The summed E-state index contributed by atoms with van der Waals surface area (Å²) in [4.78, 5) is 10.2. The van der Waals surface area contributed by atoms with E-state index in [-0.39, 0.29) is 11.6 Å². The van der Waals surface area contributed by atoms with E-state index >= 15 is 0 Å². The summed E-state index contributed by atoms with van der Waals surface area (Å²) in [5, 5.41) is 0. The van der Waals surface area contributed by atoms with Gasteiger partial charge in [0.1, 0.15) is 5.60 Å². The molecule has 0 spiro atoms. The molecule has 0 bridgehead atoms. The second kappa shape index (κ2) is 10.5. The summed E-state index contributed by atoms with van der Waals surface area (Å²) in [6.45, 7) is 13.5. The fourth-order valence-electron chi connectivity index (χ4n) is 1.92. The quantitative estimate of drug-likeness (QED) is 0.486. The summed E-state index contributed by atoms with van der Waals surface area (Å²) >= 11 is 5.92. The Labute approximate surface area is 146 Å². The van der Waals surface area contributed by atoms with Crippen molar-refractivity contribution in [2.75, 3.05) is 0 Å². The molecule has 130 valence electrons. The minimum Gasteiger partial charge on any atom is -0.460 e. The number of esters is 1. The highest BCUT2D eigenvalue weighted by Crippen LogP contribution is 2.19.